The molecule has 108 valence electrons. The molecule has 1 aromatic heterocycles. The van der Waals surface area contributed by atoms with Gasteiger partial charge in [-0.05, 0) is 37.6 Å². The van der Waals surface area contributed by atoms with Gasteiger partial charge in [0.1, 0.15) is 23.0 Å². The molecule has 2 aromatic carbocycles. The van der Waals surface area contributed by atoms with Gasteiger partial charge in [-0.3, -0.25) is 0 Å². The van der Waals surface area contributed by atoms with Crippen LogP contribution in [-0.4, -0.2) is 0 Å². The van der Waals surface area contributed by atoms with E-state index in [4.69, 9.17) is 10.2 Å². The lowest BCUT2D eigenvalue weighted by Gasteiger charge is -2.12. The molecule has 0 radical (unpaired) electrons. The van der Waals surface area contributed by atoms with E-state index in [0.717, 1.165) is 16.5 Å². The Morgan fingerprint density at radius 3 is 2.38 bits per heavy atom. The smallest absolute Gasteiger partial charge is 0.134 e. The van der Waals surface area contributed by atoms with E-state index in [0.29, 0.717) is 11.3 Å². The van der Waals surface area contributed by atoms with E-state index in [1.807, 2.05) is 32.0 Å². The maximum atomic E-state index is 13.9. The second-order valence-electron chi connectivity index (χ2n) is 5.20. The van der Waals surface area contributed by atoms with Crippen molar-refractivity contribution in [3.05, 3.63) is 70.5 Å². The minimum absolute atomic E-state index is 0.170. The maximum absolute atomic E-state index is 13.9. The molecule has 0 amide bonds. The Morgan fingerprint density at radius 1 is 1.05 bits per heavy atom. The molecule has 2 N–H and O–H groups in total. The van der Waals surface area contributed by atoms with Crippen LogP contribution >= 0.6 is 0 Å². The molecule has 0 fully saturated rings. The van der Waals surface area contributed by atoms with Crippen molar-refractivity contribution < 1.29 is 13.2 Å². The van der Waals surface area contributed by atoms with Gasteiger partial charge in [-0.2, -0.15) is 0 Å². The third-order valence-electron chi connectivity index (χ3n) is 3.72. The summed E-state index contributed by atoms with van der Waals surface area (Å²) in [5.74, 6) is -0.948. The highest BCUT2D eigenvalue weighted by atomic mass is 19.1. The molecule has 0 aliphatic heterocycles. The van der Waals surface area contributed by atoms with Crippen molar-refractivity contribution in [3.8, 4) is 0 Å². The molecule has 3 aromatic rings. The van der Waals surface area contributed by atoms with Crippen LogP contribution < -0.4 is 5.73 Å². The zero-order chi connectivity index (χ0) is 15.1. The average molecular weight is 287 g/mol. The Labute approximate surface area is 121 Å². The molecular formula is C17H15F2NO. The molecule has 1 heterocycles. The van der Waals surface area contributed by atoms with E-state index in [1.165, 1.54) is 18.2 Å². The van der Waals surface area contributed by atoms with E-state index >= 15 is 0 Å². The summed E-state index contributed by atoms with van der Waals surface area (Å²) in [6.45, 7) is 3.79. The van der Waals surface area contributed by atoms with Gasteiger partial charge in [0.25, 0.3) is 0 Å². The monoisotopic (exact) mass is 287 g/mol. The van der Waals surface area contributed by atoms with E-state index in [-0.39, 0.29) is 5.56 Å². The van der Waals surface area contributed by atoms with E-state index in [1.54, 1.807) is 0 Å². The first-order valence-corrected chi connectivity index (χ1v) is 6.68. The maximum Gasteiger partial charge on any atom is 0.134 e. The van der Waals surface area contributed by atoms with Gasteiger partial charge in [0.15, 0.2) is 0 Å². The predicted molar refractivity (Wildman–Crippen MR) is 78.1 cm³/mol. The standard InChI is InChI=1S/C17H15F2NO/c1-9-6-7-11-10(2)17(21-14(11)8-9)16(20)15-12(18)4-3-5-13(15)19/h3-8,16H,20H2,1-2H3. The first-order chi connectivity index (χ1) is 9.99. The van der Waals surface area contributed by atoms with Crippen LogP contribution in [0.1, 0.15) is 28.5 Å². The Balaban J connectivity index is 2.18. The summed E-state index contributed by atoms with van der Waals surface area (Å²) in [5.41, 5.74) is 8.41. The van der Waals surface area contributed by atoms with Gasteiger partial charge in [0.05, 0.1) is 6.04 Å². The van der Waals surface area contributed by atoms with Crippen LogP contribution in [-0.2, 0) is 0 Å². The zero-order valence-corrected chi connectivity index (χ0v) is 11.8. The van der Waals surface area contributed by atoms with Gasteiger partial charge in [-0.1, -0.05) is 18.2 Å². The molecule has 0 spiro atoms. The number of halogens is 2. The first kappa shape index (κ1) is 13.8. The second kappa shape index (κ2) is 4.97. The SMILES string of the molecule is Cc1ccc2c(C)c(C(N)c3c(F)cccc3F)oc2c1. The molecule has 0 aliphatic rings. The highest BCUT2D eigenvalue weighted by Crippen LogP contribution is 2.33. The normalized spacial score (nSPS) is 12.8. The molecule has 0 saturated carbocycles. The van der Waals surface area contributed by atoms with Gasteiger partial charge < -0.3 is 10.2 Å². The average Bonchev–Trinajstić information content (AvgIpc) is 2.75. The quantitative estimate of drug-likeness (QED) is 0.760. The van der Waals surface area contributed by atoms with E-state index in [2.05, 4.69) is 0 Å². The summed E-state index contributed by atoms with van der Waals surface area (Å²) in [6, 6.07) is 8.51. The molecule has 4 heteroatoms. The molecule has 0 saturated heterocycles. The largest absolute Gasteiger partial charge is 0.459 e. The van der Waals surface area contributed by atoms with E-state index < -0.39 is 17.7 Å². The number of fused-ring (bicyclic) bond motifs is 1. The Morgan fingerprint density at radius 2 is 1.71 bits per heavy atom. The van der Waals surface area contributed by atoms with Crippen molar-refractivity contribution in [2.45, 2.75) is 19.9 Å². The fourth-order valence-electron chi connectivity index (χ4n) is 2.59. The molecule has 0 aliphatic carbocycles. The van der Waals surface area contributed by atoms with Gasteiger partial charge in [0.2, 0.25) is 0 Å². The van der Waals surface area contributed by atoms with E-state index in [9.17, 15) is 8.78 Å². The Bertz CT molecular complexity index is 803. The fourth-order valence-corrected chi connectivity index (χ4v) is 2.59. The lowest BCUT2D eigenvalue weighted by atomic mass is 10.0. The highest BCUT2D eigenvalue weighted by Gasteiger charge is 2.24. The van der Waals surface area contributed by atoms with Crippen molar-refractivity contribution in [1.82, 2.24) is 0 Å². The number of nitrogens with two attached hydrogens (primary N) is 1. The summed E-state index contributed by atoms with van der Waals surface area (Å²) in [7, 11) is 0. The van der Waals surface area contributed by atoms with Crippen LogP contribution in [0.25, 0.3) is 11.0 Å². The summed E-state index contributed by atoms with van der Waals surface area (Å²) >= 11 is 0. The highest BCUT2D eigenvalue weighted by molar-refractivity contribution is 5.83. The Kier molecular flexibility index (Phi) is 3.26. The van der Waals surface area contributed by atoms with Crippen LogP contribution in [0.2, 0.25) is 0 Å². The van der Waals surface area contributed by atoms with Crippen LogP contribution in [0.15, 0.2) is 40.8 Å². The molecule has 0 bridgehead atoms. The lowest BCUT2D eigenvalue weighted by molar-refractivity contribution is 0.485. The topological polar surface area (TPSA) is 39.2 Å². The number of hydrogen-bond donors (Lipinski definition) is 1. The second-order valence-corrected chi connectivity index (χ2v) is 5.20. The Hall–Kier alpha value is -2.20. The van der Waals surface area contributed by atoms with Crippen LogP contribution in [0, 0.1) is 25.5 Å². The van der Waals surface area contributed by atoms with Crippen molar-refractivity contribution in [3.63, 3.8) is 0 Å². The minimum atomic E-state index is -0.973. The number of aryl methyl sites for hydroxylation is 2. The third-order valence-corrected chi connectivity index (χ3v) is 3.72. The first-order valence-electron chi connectivity index (χ1n) is 6.68. The molecule has 21 heavy (non-hydrogen) atoms. The number of rotatable bonds is 2. The summed E-state index contributed by atoms with van der Waals surface area (Å²) in [5, 5.41) is 0.905. The van der Waals surface area contributed by atoms with Crippen molar-refractivity contribution in [1.29, 1.82) is 0 Å². The third kappa shape index (κ3) is 2.21. The number of furan rings is 1. The summed E-state index contributed by atoms with van der Waals surface area (Å²) < 4.78 is 33.5. The minimum Gasteiger partial charge on any atom is -0.459 e. The van der Waals surface area contributed by atoms with Gasteiger partial charge in [-0.15, -0.1) is 0 Å². The van der Waals surface area contributed by atoms with Gasteiger partial charge in [-0.25, -0.2) is 8.78 Å². The molecule has 1 atom stereocenters. The van der Waals surface area contributed by atoms with Crippen LogP contribution in [0.4, 0.5) is 8.78 Å². The summed E-state index contributed by atoms with van der Waals surface area (Å²) in [6.07, 6.45) is 0. The molecular weight excluding hydrogens is 272 g/mol. The molecule has 2 nitrogen and oxygen atoms in total. The van der Waals surface area contributed by atoms with Crippen LogP contribution in [0.3, 0.4) is 0 Å². The van der Waals surface area contributed by atoms with Gasteiger partial charge >= 0.3 is 0 Å². The van der Waals surface area contributed by atoms with Crippen molar-refractivity contribution in [2.75, 3.05) is 0 Å². The fraction of sp³-hybridized carbons (Fsp3) is 0.176. The van der Waals surface area contributed by atoms with Gasteiger partial charge in [0, 0.05) is 16.5 Å². The number of hydrogen-bond acceptors (Lipinski definition) is 2. The number of benzene rings is 2. The van der Waals surface area contributed by atoms with Crippen molar-refractivity contribution >= 4 is 11.0 Å². The summed E-state index contributed by atoms with van der Waals surface area (Å²) in [4.78, 5) is 0. The molecule has 1 unspecified atom stereocenters. The van der Waals surface area contributed by atoms with Crippen LogP contribution in [0.5, 0.6) is 0 Å². The molecule has 3 rings (SSSR count). The predicted octanol–water partition coefficient (Wildman–Crippen LogP) is 4.38. The lowest BCUT2D eigenvalue weighted by Crippen LogP contribution is -2.15. The zero-order valence-electron chi connectivity index (χ0n) is 11.8. The van der Waals surface area contributed by atoms with Crippen molar-refractivity contribution in [2.24, 2.45) is 5.73 Å².